The van der Waals surface area contributed by atoms with Crippen LogP contribution in [0.1, 0.15) is 16.9 Å². The Balaban J connectivity index is 2.21. The van der Waals surface area contributed by atoms with E-state index >= 15 is 0 Å². The number of carbonyl (C=O) groups excluding carboxylic acids is 1. The van der Waals surface area contributed by atoms with Crippen molar-refractivity contribution in [1.29, 1.82) is 0 Å². The third kappa shape index (κ3) is 2.20. The van der Waals surface area contributed by atoms with Crippen LogP contribution in [0.3, 0.4) is 0 Å². The smallest absolute Gasteiger partial charge is 0.354 e. The fraction of sp³-hybridized carbons (Fsp3) is 0.364. The highest BCUT2D eigenvalue weighted by Crippen LogP contribution is 2.20. The van der Waals surface area contributed by atoms with E-state index in [4.69, 9.17) is 10.8 Å². The molecule has 4 N–H and O–H groups in total. The number of rotatable bonds is 3. The number of hydrogen-bond donors (Lipinski definition) is 3. The predicted molar refractivity (Wildman–Crippen MR) is 65.3 cm³/mol. The van der Waals surface area contributed by atoms with Crippen molar-refractivity contribution < 1.29 is 14.7 Å². The Hall–Kier alpha value is -2.31. The Bertz CT molecular complexity index is 503. The van der Waals surface area contributed by atoms with Crippen molar-refractivity contribution in [2.45, 2.75) is 12.5 Å². The van der Waals surface area contributed by atoms with E-state index < -0.39 is 12.0 Å². The van der Waals surface area contributed by atoms with Crippen molar-refractivity contribution in [3.63, 3.8) is 0 Å². The minimum Gasteiger partial charge on any atom is -0.477 e. The van der Waals surface area contributed by atoms with Crippen LogP contribution in [0.25, 0.3) is 0 Å². The van der Waals surface area contributed by atoms with Gasteiger partial charge in [0.15, 0.2) is 11.5 Å². The number of carboxylic acid groups (broad SMARTS) is 1. The average Bonchev–Trinajstić information content (AvgIpc) is 2.63. The summed E-state index contributed by atoms with van der Waals surface area (Å²) < 4.78 is 0. The van der Waals surface area contributed by atoms with Gasteiger partial charge >= 0.3 is 5.97 Å². The van der Waals surface area contributed by atoms with Crippen LogP contribution in [0.15, 0.2) is 12.1 Å². The number of pyridine rings is 1. The van der Waals surface area contributed by atoms with Crippen molar-refractivity contribution in [3.8, 4) is 0 Å². The molecule has 0 aromatic carbocycles. The van der Waals surface area contributed by atoms with Gasteiger partial charge in [0.1, 0.15) is 6.04 Å². The second-order valence-corrected chi connectivity index (χ2v) is 4.18. The number of nitrogens with one attached hydrogen (secondary N) is 1. The summed E-state index contributed by atoms with van der Waals surface area (Å²) in [5.74, 6) is -0.937. The SMILES string of the molecule is CN1CCC(Nc2nc(C(=O)O)ccc2N)C1=O. The molecule has 1 saturated heterocycles. The standard InChI is InChI=1S/C11H14N4O3/c1-15-5-4-7(10(15)16)13-9-6(12)2-3-8(14-9)11(17)18/h2-3,7H,4-5,12H2,1H3,(H,13,14)(H,17,18). The molecule has 96 valence electrons. The zero-order valence-electron chi connectivity index (χ0n) is 9.88. The van der Waals surface area contributed by atoms with E-state index in [2.05, 4.69) is 10.3 Å². The number of hydrogen-bond acceptors (Lipinski definition) is 5. The van der Waals surface area contributed by atoms with Gasteiger partial charge in [-0.25, -0.2) is 9.78 Å². The number of nitrogens with zero attached hydrogens (tertiary/aromatic N) is 2. The highest BCUT2D eigenvalue weighted by atomic mass is 16.4. The number of carboxylic acids is 1. The molecule has 0 bridgehead atoms. The Labute approximate surface area is 104 Å². The fourth-order valence-corrected chi connectivity index (χ4v) is 1.83. The summed E-state index contributed by atoms with van der Waals surface area (Å²) in [6.45, 7) is 0.662. The zero-order valence-corrected chi connectivity index (χ0v) is 9.88. The number of nitrogens with two attached hydrogens (primary N) is 1. The van der Waals surface area contributed by atoms with Crippen LogP contribution in [-0.4, -0.2) is 46.5 Å². The van der Waals surface area contributed by atoms with Crippen LogP contribution < -0.4 is 11.1 Å². The number of nitrogen functional groups attached to an aromatic ring is 1. The Kier molecular flexibility index (Phi) is 3.05. The third-order valence-corrected chi connectivity index (χ3v) is 2.88. The largest absolute Gasteiger partial charge is 0.477 e. The van der Waals surface area contributed by atoms with Gasteiger partial charge in [-0.05, 0) is 18.6 Å². The lowest BCUT2D eigenvalue weighted by molar-refractivity contribution is -0.127. The maximum Gasteiger partial charge on any atom is 0.354 e. The molecule has 1 fully saturated rings. The number of aromatic nitrogens is 1. The highest BCUT2D eigenvalue weighted by Gasteiger charge is 2.29. The first-order chi connectivity index (χ1) is 8.49. The third-order valence-electron chi connectivity index (χ3n) is 2.88. The summed E-state index contributed by atoms with van der Waals surface area (Å²) in [6.07, 6.45) is 0.647. The Morgan fingerprint density at radius 2 is 2.33 bits per heavy atom. The van der Waals surface area contributed by atoms with Gasteiger partial charge in [-0.2, -0.15) is 0 Å². The Morgan fingerprint density at radius 3 is 2.89 bits per heavy atom. The first-order valence-corrected chi connectivity index (χ1v) is 5.50. The van der Waals surface area contributed by atoms with E-state index in [-0.39, 0.29) is 17.4 Å². The lowest BCUT2D eigenvalue weighted by atomic mass is 10.2. The molecule has 2 heterocycles. The molecule has 7 heteroatoms. The summed E-state index contributed by atoms with van der Waals surface area (Å²) in [7, 11) is 1.72. The molecule has 18 heavy (non-hydrogen) atoms. The van der Waals surface area contributed by atoms with Crippen molar-refractivity contribution in [3.05, 3.63) is 17.8 Å². The van der Waals surface area contributed by atoms with Gasteiger partial charge in [-0.3, -0.25) is 4.79 Å². The quantitative estimate of drug-likeness (QED) is 0.697. The molecule has 1 aromatic rings. The summed E-state index contributed by atoms with van der Waals surface area (Å²) >= 11 is 0. The van der Waals surface area contributed by atoms with Gasteiger partial charge in [0.05, 0.1) is 5.69 Å². The lowest BCUT2D eigenvalue weighted by Crippen LogP contribution is -2.31. The minimum atomic E-state index is -1.13. The average molecular weight is 250 g/mol. The van der Waals surface area contributed by atoms with Gasteiger partial charge in [0.25, 0.3) is 0 Å². The van der Waals surface area contributed by atoms with Crippen molar-refractivity contribution >= 4 is 23.4 Å². The molecule has 1 amide bonds. The molecule has 1 atom stereocenters. The second-order valence-electron chi connectivity index (χ2n) is 4.18. The van der Waals surface area contributed by atoms with Crippen molar-refractivity contribution in [2.75, 3.05) is 24.6 Å². The van der Waals surface area contributed by atoms with Crippen LogP contribution in [-0.2, 0) is 4.79 Å². The molecule has 1 aliphatic heterocycles. The van der Waals surface area contributed by atoms with Crippen molar-refractivity contribution in [1.82, 2.24) is 9.88 Å². The van der Waals surface area contributed by atoms with Crippen LogP contribution in [0.5, 0.6) is 0 Å². The van der Waals surface area contributed by atoms with E-state index in [0.29, 0.717) is 18.7 Å². The van der Waals surface area contributed by atoms with Gasteiger partial charge in [0, 0.05) is 13.6 Å². The topological polar surface area (TPSA) is 109 Å². The number of likely N-dealkylation sites (tertiary alicyclic amines) is 1. The number of likely N-dealkylation sites (N-methyl/N-ethyl adjacent to an activating group) is 1. The van der Waals surface area contributed by atoms with Crippen molar-refractivity contribution in [2.24, 2.45) is 0 Å². The number of anilines is 2. The molecule has 2 rings (SSSR count). The van der Waals surface area contributed by atoms with Gasteiger partial charge in [-0.15, -0.1) is 0 Å². The first kappa shape index (κ1) is 12.2. The van der Waals surface area contributed by atoms with Gasteiger partial charge in [0.2, 0.25) is 5.91 Å². The van der Waals surface area contributed by atoms with E-state index in [9.17, 15) is 9.59 Å². The lowest BCUT2D eigenvalue weighted by Gasteiger charge is -2.14. The molecular weight excluding hydrogens is 236 g/mol. The summed E-state index contributed by atoms with van der Waals surface area (Å²) in [4.78, 5) is 28.0. The molecule has 7 nitrogen and oxygen atoms in total. The maximum atomic E-state index is 11.7. The van der Waals surface area contributed by atoms with Crippen LogP contribution in [0.2, 0.25) is 0 Å². The molecular formula is C11H14N4O3. The monoisotopic (exact) mass is 250 g/mol. The molecule has 0 spiro atoms. The number of amides is 1. The second kappa shape index (κ2) is 4.52. The fourth-order valence-electron chi connectivity index (χ4n) is 1.83. The normalized spacial score (nSPS) is 19.1. The summed E-state index contributed by atoms with van der Waals surface area (Å²) in [5.41, 5.74) is 5.92. The molecule has 1 aromatic heterocycles. The van der Waals surface area contributed by atoms with Gasteiger partial charge < -0.3 is 21.1 Å². The van der Waals surface area contributed by atoms with E-state index in [1.54, 1.807) is 11.9 Å². The minimum absolute atomic E-state index is 0.0445. The molecule has 0 saturated carbocycles. The molecule has 1 unspecified atom stereocenters. The zero-order chi connectivity index (χ0) is 13.3. The van der Waals surface area contributed by atoms with Crippen LogP contribution in [0, 0.1) is 0 Å². The Morgan fingerprint density at radius 1 is 1.61 bits per heavy atom. The number of aromatic carboxylic acids is 1. The summed E-state index contributed by atoms with van der Waals surface area (Å²) in [6, 6.07) is 2.39. The highest BCUT2D eigenvalue weighted by molar-refractivity contribution is 5.89. The maximum absolute atomic E-state index is 11.7. The van der Waals surface area contributed by atoms with E-state index in [0.717, 1.165) is 0 Å². The van der Waals surface area contributed by atoms with Gasteiger partial charge in [-0.1, -0.05) is 0 Å². The molecule has 0 radical (unpaired) electrons. The predicted octanol–water partition coefficient (Wildman–Crippen LogP) is 0.00460. The van der Waals surface area contributed by atoms with Crippen LogP contribution >= 0.6 is 0 Å². The first-order valence-electron chi connectivity index (χ1n) is 5.50. The van der Waals surface area contributed by atoms with E-state index in [1.807, 2.05) is 0 Å². The molecule has 0 aliphatic carbocycles. The molecule has 1 aliphatic rings. The summed E-state index contributed by atoms with van der Waals surface area (Å²) in [5, 5.41) is 11.7. The van der Waals surface area contributed by atoms with E-state index in [1.165, 1.54) is 12.1 Å². The number of carbonyl (C=O) groups is 2. The van der Waals surface area contributed by atoms with Crippen LogP contribution in [0.4, 0.5) is 11.5 Å².